The minimum Gasteiger partial charge on any atom is -0.376 e. The quantitative estimate of drug-likeness (QED) is 0.193. The number of ether oxygens (including phenoxy) is 1. The minimum absolute atomic E-state index is 0. The van der Waals surface area contributed by atoms with Crippen LogP contribution in [-0.4, -0.2) is 61.6 Å². The molecule has 0 radical (unpaired) electrons. The molecule has 2 bridgehead atoms. The highest BCUT2D eigenvalue weighted by Crippen LogP contribution is 2.52. The molecule has 2 heterocycles. The summed E-state index contributed by atoms with van der Waals surface area (Å²) in [7, 11) is 0. The molecule has 3 fully saturated rings. The first-order valence-corrected chi connectivity index (χ1v) is 9.86. The van der Waals surface area contributed by atoms with Crippen molar-refractivity contribution in [2.45, 2.75) is 32.3 Å². The minimum atomic E-state index is -0.112. The maximum absolute atomic E-state index is 12.7. The number of halogens is 1. The standard InChI is InChI=1S/C19H28N4O3.HI/c1-2-20-19(22-11-14-4-3-9-26-14)21-7-8-23-17(24)15-12-5-6-13(10-12)16(15)18(23)25;/h5-6,12-16H,2-4,7-11H2,1H3,(H2,20,21,22);1H. The largest absolute Gasteiger partial charge is 0.376 e. The second-order valence-corrected chi connectivity index (χ2v) is 7.61. The van der Waals surface area contributed by atoms with Gasteiger partial charge < -0.3 is 15.4 Å². The number of amides is 2. The zero-order valence-corrected chi connectivity index (χ0v) is 18.1. The summed E-state index contributed by atoms with van der Waals surface area (Å²) in [6, 6.07) is 0. The van der Waals surface area contributed by atoms with Crippen LogP contribution in [0.1, 0.15) is 26.2 Å². The van der Waals surface area contributed by atoms with Crippen molar-refractivity contribution < 1.29 is 14.3 Å². The second-order valence-electron chi connectivity index (χ2n) is 7.61. The first-order chi connectivity index (χ1) is 12.7. The molecule has 2 aliphatic heterocycles. The van der Waals surface area contributed by atoms with Gasteiger partial charge in [0.05, 0.1) is 24.5 Å². The van der Waals surface area contributed by atoms with E-state index in [0.29, 0.717) is 25.6 Å². The number of carbonyl (C=O) groups is 2. The number of likely N-dealkylation sites (tertiary alicyclic amines) is 1. The van der Waals surface area contributed by atoms with E-state index in [-0.39, 0.29) is 65.6 Å². The van der Waals surface area contributed by atoms with E-state index in [2.05, 4.69) is 27.8 Å². The topological polar surface area (TPSA) is 83.0 Å². The fourth-order valence-electron chi connectivity index (χ4n) is 4.79. The second kappa shape index (κ2) is 8.89. The summed E-state index contributed by atoms with van der Waals surface area (Å²) in [6.07, 6.45) is 7.58. The average molecular weight is 488 g/mol. The van der Waals surface area contributed by atoms with E-state index in [1.54, 1.807) is 0 Å². The molecule has 0 aromatic rings. The van der Waals surface area contributed by atoms with Gasteiger partial charge in [-0.05, 0) is 38.0 Å². The van der Waals surface area contributed by atoms with Gasteiger partial charge in [-0.15, -0.1) is 24.0 Å². The number of nitrogens with one attached hydrogen (secondary N) is 2. The van der Waals surface area contributed by atoms with Crippen LogP contribution in [0.4, 0.5) is 0 Å². The highest BCUT2D eigenvalue weighted by atomic mass is 127. The van der Waals surface area contributed by atoms with Crippen molar-refractivity contribution in [3.8, 4) is 0 Å². The van der Waals surface area contributed by atoms with Crippen LogP contribution < -0.4 is 10.6 Å². The van der Waals surface area contributed by atoms with Crippen LogP contribution in [0.3, 0.4) is 0 Å². The van der Waals surface area contributed by atoms with Crippen molar-refractivity contribution in [2.24, 2.45) is 28.7 Å². The van der Waals surface area contributed by atoms with Crippen LogP contribution in [-0.2, 0) is 14.3 Å². The van der Waals surface area contributed by atoms with Crippen molar-refractivity contribution in [3.05, 3.63) is 12.2 Å². The molecule has 4 rings (SSSR count). The molecule has 2 N–H and O–H groups in total. The number of hydrogen-bond donors (Lipinski definition) is 2. The summed E-state index contributed by atoms with van der Waals surface area (Å²) in [6.45, 7) is 5.14. The molecule has 8 heteroatoms. The van der Waals surface area contributed by atoms with Gasteiger partial charge in [0, 0.05) is 26.2 Å². The Balaban J connectivity index is 0.00000210. The number of rotatable bonds is 6. The van der Waals surface area contributed by atoms with E-state index in [1.807, 2.05) is 6.92 Å². The summed E-state index contributed by atoms with van der Waals surface area (Å²) in [5.41, 5.74) is 0. The van der Waals surface area contributed by atoms with E-state index in [0.717, 1.165) is 32.4 Å². The zero-order chi connectivity index (χ0) is 18.1. The van der Waals surface area contributed by atoms with Gasteiger partial charge in [0.25, 0.3) is 0 Å². The van der Waals surface area contributed by atoms with Crippen LogP contribution in [0.15, 0.2) is 17.1 Å². The summed E-state index contributed by atoms with van der Waals surface area (Å²) in [4.78, 5) is 31.4. The summed E-state index contributed by atoms with van der Waals surface area (Å²) < 4.78 is 5.60. The van der Waals surface area contributed by atoms with Crippen molar-refractivity contribution in [3.63, 3.8) is 0 Å². The molecule has 2 amide bonds. The lowest BCUT2D eigenvalue weighted by Crippen LogP contribution is -2.44. The average Bonchev–Trinajstić information content (AvgIpc) is 3.40. The third kappa shape index (κ3) is 4.01. The maximum atomic E-state index is 12.7. The summed E-state index contributed by atoms with van der Waals surface area (Å²) >= 11 is 0. The summed E-state index contributed by atoms with van der Waals surface area (Å²) in [5, 5.41) is 6.44. The number of guanidine groups is 1. The van der Waals surface area contributed by atoms with Crippen molar-refractivity contribution in [1.82, 2.24) is 15.5 Å². The predicted molar refractivity (Wildman–Crippen MR) is 113 cm³/mol. The number of aliphatic imine (C=N–C) groups is 1. The molecule has 150 valence electrons. The van der Waals surface area contributed by atoms with E-state index >= 15 is 0 Å². The molecule has 4 aliphatic rings. The first-order valence-electron chi connectivity index (χ1n) is 9.86. The fraction of sp³-hybridized carbons (Fsp3) is 0.737. The third-order valence-electron chi connectivity index (χ3n) is 6.01. The fourth-order valence-corrected chi connectivity index (χ4v) is 4.79. The highest BCUT2D eigenvalue weighted by Gasteiger charge is 2.58. The van der Waals surface area contributed by atoms with Gasteiger partial charge >= 0.3 is 0 Å². The maximum Gasteiger partial charge on any atom is 0.233 e. The molecular formula is C19H29IN4O3. The van der Waals surface area contributed by atoms with Crippen molar-refractivity contribution in [2.75, 3.05) is 32.8 Å². The lowest BCUT2D eigenvalue weighted by atomic mass is 9.85. The van der Waals surface area contributed by atoms with Crippen molar-refractivity contribution in [1.29, 1.82) is 0 Å². The lowest BCUT2D eigenvalue weighted by molar-refractivity contribution is -0.140. The number of imide groups is 1. The van der Waals surface area contributed by atoms with Crippen molar-refractivity contribution >= 4 is 41.8 Å². The Hall–Kier alpha value is -1.16. The highest BCUT2D eigenvalue weighted by molar-refractivity contribution is 14.0. The van der Waals surface area contributed by atoms with Crippen LogP contribution in [0.5, 0.6) is 0 Å². The molecular weight excluding hydrogens is 459 g/mol. The van der Waals surface area contributed by atoms with E-state index < -0.39 is 0 Å². The molecule has 0 aromatic carbocycles. The number of nitrogens with zero attached hydrogens (tertiary/aromatic N) is 2. The Morgan fingerprint density at radius 2 is 1.93 bits per heavy atom. The van der Waals surface area contributed by atoms with Crippen LogP contribution in [0.2, 0.25) is 0 Å². The van der Waals surface area contributed by atoms with E-state index in [9.17, 15) is 9.59 Å². The van der Waals surface area contributed by atoms with Crippen LogP contribution in [0.25, 0.3) is 0 Å². The molecule has 5 unspecified atom stereocenters. The third-order valence-corrected chi connectivity index (χ3v) is 6.01. The van der Waals surface area contributed by atoms with Gasteiger partial charge in [-0.1, -0.05) is 12.2 Å². The van der Waals surface area contributed by atoms with E-state index in [4.69, 9.17) is 4.74 Å². The molecule has 2 aliphatic carbocycles. The summed E-state index contributed by atoms with van der Waals surface area (Å²) in [5.74, 6) is 1.05. The predicted octanol–water partition coefficient (Wildman–Crippen LogP) is 1.15. The van der Waals surface area contributed by atoms with E-state index in [1.165, 1.54) is 4.90 Å². The molecule has 2 saturated heterocycles. The van der Waals surface area contributed by atoms with Crippen LogP contribution in [0, 0.1) is 23.7 Å². The SMILES string of the molecule is CCNC(=NCC1CCCO1)NCCN1C(=O)C2C3C=CC(C3)C2C1=O.I. The number of hydrogen-bond acceptors (Lipinski definition) is 4. The number of allylic oxidation sites excluding steroid dienone is 2. The molecule has 1 saturated carbocycles. The Kier molecular flexibility index (Phi) is 6.78. The normalized spacial score (nSPS) is 34.2. The van der Waals surface area contributed by atoms with Gasteiger partial charge in [-0.25, -0.2) is 0 Å². The zero-order valence-electron chi connectivity index (χ0n) is 15.7. The number of fused-ring (bicyclic) bond motifs is 5. The van der Waals surface area contributed by atoms with Gasteiger partial charge in [0.15, 0.2) is 5.96 Å². The Morgan fingerprint density at radius 1 is 1.22 bits per heavy atom. The molecule has 0 aromatic heterocycles. The van der Waals surface area contributed by atoms with Gasteiger partial charge in [-0.2, -0.15) is 0 Å². The Labute approximate surface area is 177 Å². The van der Waals surface area contributed by atoms with Gasteiger partial charge in [0.2, 0.25) is 11.8 Å². The molecule has 7 nitrogen and oxygen atoms in total. The van der Waals surface area contributed by atoms with Gasteiger partial charge in [-0.3, -0.25) is 19.5 Å². The molecule has 27 heavy (non-hydrogen) atoms. The smallest absolute Gasteiger partial charge is 0.233 e. The number of carbonyl (C=O) groups excluding carboxylic acids is 2. The molecule has 5 atom stereocenters. The van der Waals surface area contributed by atoms with Gasteiger partial charge in [0.1, 0.15) is 0 Å². The Morgan fingerprint density at radius 3 is 2.52 bits per heavy atom. The Bertz CT molecular complexity index is 602. The monoisotopic (exact) mass is 488 g/mol. The first kappa shape index (κ1) is 20.6. The lowest BCUT2D eigenvalue weighted by Gasteiger charge is -2.19. The molecule has 0 spiro atoms. The van der Waals surface area contributed by atoms with Crippen LogP contribution >= 0.6 is 24.0 Å².